The van der Waals surface area contributed by atoms with Crippen LogP contribution in [0.1, 0.15) is 31.0 Å². The average Bonchev–Trinajstić information content (AvgIpc) is 3.12. The number of ether oxygens (including phenoxy) is 1. The van der Waals surface area contributed by atoms with E-state index in [0.717, 1.165) is 23.4 Å². The first-order valence-electron chi connectivity index (χ1n) is 8.19. The molecule has 1 amide bonds. The number of aryl methyl sites for hydroxylation is 1. The number of aromatic nitrogens is 2. The molecule has 1 atom stereocenters. The van der Waals surface area contributed by atoms with Crippen molar-refractivity contribution in [1.82, 2.24) is 15.3 Å². The second kappa shape index (κ2) is 7.74. The van der Waals surface area contributed by atoms with E-state index in [2.05, 4.69) is 20.4 Å². The molecule has 0 unspecified atom stereocenters. The van der Waals surface area contributed by atoms with E-state index in [1.54, 1.807) is 18.5 Å². The minimum atomic E-state index is -0.558. The first-order chi connectivity index (χ1) is 12.2. The summed E-state index contributed by atoms with van der Waals surface area (Å²) in [6.07, 6.45) is 4.05. The normalized spacial score (nSPS) is 16.1. The molecule has 0 spiro atoms. The van der Waals surface area contributed by atoms with Crippen LogP contribution in [-0.4, -0.2) is 27.7 Å². The highest BCUT2D eigenvalue weighted by Gasteiger charge is 2.27. The summed E-state index contributed by atoms with van der Waals surface area (Å²) in [6, 6.07) is 7.34. The van der Waals surface area contributed by atoms with Crippen molar-refractivity contribution < 1.29 is 14.4 Å². The highest BCUT2D eigenvalue weighted by molar-refractivity contribution is 5.92. The van der Waals surface area contributed by atoms with Crippen molar-refractivity contribution >= 4 is 11.6 Å². The Balaban J connectivity index is 1.61. The molecule has 1 aliphatic rings. The van der Waals surface area contributed by atoms with Crippen LogP contribution in [0.4, 0.5) is 0 Å². The first-order valence-corrected chi connectivity index (χ1v) is 8.19. The van der Waals surface area contributed by atoms with E-state index in [1.165, 1.54) is 0 Å². The number of hydrogen-bond acceptors (Lipinski definition) is 6. The topological polar surface area (TPSA) is 85.7 Å². The molecule has 25 heavy (non-hydrogen) atoms. The van der Waals surface area contributed by atoms with E-state index in [4.69, 9.17) is 9.57 Å². The molecule has 0 fully saturated rings. The second-order valence-electron chi connectivity index (χ2n) is 5.73. The van der Waals surface area contributed by atoms with Crippen LogP contribution in [0.5, 0.6) is 11.6 Å². The average molecular weight is 340 g/mol. The molecule has 0 saturated carbocycles. The molecule has 3 heterocycles. The Morgan fingerprint density at radius 3 is 2.96 bits per heavy atom. The highest BCUT2D eigenvalue weighted by Crippen LogP contribution is 2.22. The summed E-state index contributed by atoms with van der Waals surface area (Å²) in [5.74, 6) is 0.835. The summed E-state index contributed by atoms with van der Waals surface area (Å²) in [7, 11) is 0. The van der Waals surface area contributed by atoms with Crippen molar-refractivity contribution in [3.8, 4) is 11.6 Å². The molecule has 0 bridgehead atoms. The number of carbonyl (C=O) groups excluding carboxylic acids is 1. The smallest absolute Gasteiger partial charge is 0.264 e. The zero-order chi connectivity index (χ0) is 17.6. The van der Waals surface area contributed by atoms with Crippen LogP contribution in [0.2, 0.25) is 0 Å². The van der Waals surface area contributed by atoms with Gasteiger partial charge in [-0.1, -0.05) is 18.1 Å². The summed E-state index contributed by atoms with van der Waals surface area (Å²) in [6.45, 7) is 4.19. The summed E-state index contributed by atoms with van der Waals surface area (Å²) in [4.78, 5) is 25.8. The lowest BCUT2D eigenvalue weighted by Gasteiger charge is -2.12. The van der Waals surface area contributed by atoms with E-state index in [0.29, 0.717) is 24.6 Å². The zero-order valence-corrected chi connectivity index (χ0v) is 14.2. The molecule has 2 aromatic rings. The lowest BCUT2D eigenvalue weighted by atomic mass is 10.1. The number of amides is 1. The molecule has 2 aromatic heterocycles. The van der Waals surface area contributed by atoms with Crippen molar-refractivity contribution in [1.29, 1.82) is 0 Å². The maximum atomic E-state index is 12.2. The van der Waals surface area contributed by atoms with Gasteiger partial charge in [-0.05, 0) is 31.5 Å². The van der Waals surface area contributed by atoms with Crippen molar-refractivity contribution in [2.75, 3.05) is 0 Å². The maximum Gasteiger partial charge on any atom is 0.264 e. The standard InChI is InChI=1S/C18H20N4O3/c1-3-14-9-16(25-22-14)17(23)21-10-13-5-4-8-19-18(13)24-15-7-6-12(2)20-11-15/h4-8,11,16H,3,9-10H2,1-2H3,(H,21,23)/t16-/m1/s1. The predicted molar refractivity (Wildman–Crippen MR) is 92.3 cm³/mol. The molecule has 1 N–H and O–H groups in total. The fourth-order valence-corrected chi connectivity index (χ4v) is 2.35. The quantitative estimate of drug-likeness (QED) is 0.874. The molecular formula is C18H20N4O3. The Bertz CT molecular complexity index is 774. The van der Waals surface area contributed by atoms with Gasteiger partial charge in [0.05, 0.1) is 11.9 Å². The molecule has 0 radical (unpaired) electrons. The Hall–Kier alpha value is -2.96. The number of hydrogen-bond donors (Lipinski definition) is 1. The van der Waals surface area contributed by atoms with Gasteiger partial charge in [0.15, 0.2) is 0 Å². The number of nitrogens with zero attached hydrogens (tertiary/aromatic N) is 3. The molecule has 1 aliphatic heterocycles. The van der Waals surface area contributed by atoms with Gasteiger partial charge in [0.2, 0.25) is 12.0 Å². The summed E-state index contributed by atoms with van der Waals surface area (Å²) < 4.78 is 5.78. The molecule has 7 nitrogen and oxygen atoms in total. The molecule has 3 rings (SSSR count). The van der Waals surface area contributed by atoms with Gasteiger partial charge in [0, 0.05) is 30.4 Å². The van der Waals surface area contributed by atoms with E-state index in [1.807, 2.05) is 32.0 Å². The van der Waals surface area contributed by atoms with Gasteiger partial charge in [0.25, 0.3) is 5.91 Å². The van der Waals surface area contributed by atoms with Gasteiger partial charge in [-0.2, -0.15) is 0 Å². The Kier molecular flexibility index (Phi) is 5.23. The molecule has 7 heteroatoms. The molecule has 0 saturated heterocycles. The molecule has 0 aliphatic carbocycles. The van der Waals surface area contributed by atoms with E-state index in [-0.39, 0.29) is 5.91 Å². The number of carbonyl (C=O) groups is 1. The molecule has 0 aromatic carbocycles. The van der Waals surface area contributed by atoms with E-state index < -0.39 is 6.10 Å². The molecular weight excluding hydrogens is 320 g/mol. The Morgan fingerprint density at radius 2 is 2.24 bits per heavy atom. The van der Waals surface area contributed by atoms with Crippen LogP contribution in [0.3, 0.4) is 0 Å². The number of nitrogens with one attached hydrogen (secondary N) is 1. The second-order valence-corrected chi connectivity index (χ2v) is 5.73. The fourth-order valence-electron chi connectivity index (χ4n) is 2.35. The van der Waals surface area contributed by atoms with Gasteiger partial charge < -0.3 is 14.9 Å². The summed E-state index contributed by atoms with van der Waals surface area (Å²) in [5, 5.41) is 6.75. The predicted octanol–water partition coefficient (Wildman–Crippen LogP) is 2.75. The third kappa shape index (κ3) is 4.32. The van der Waals surface area contributed by atoms with Gasteiger partial charge in [-0.25, -0.2) is 4.98 Å². The van der Waals surface area contributed by atoms with Crippen molar-refractivity contribution in [2.45, 2.75) is 39.3 Å². The van der Waals surface area contributed by atoms with Crippen LogP contribution in [0, 0.1) is 6.92 Å². The van der Waals surface area contributed by atoms with Crippen LogP contribution in [0.15, 0.2) is 41.8 Å². The largest absolute Gasteiger partial charge is 0.437 e. The van der Waals surface area contributed by atoms with Gasteiger partial charge in [-0.3, -0.25) is 9.78 Å². The third-order valence-electron chi connectivity index (χ3n) is 3.83. The van der Waals surface area contributed by atoms with Crippen LogP contribution < -0.4 is 10.1 Å². The maximum absolute atomic E-state index is 12.2. The SMILES string of the molecule is CCC1=NO[C@@H](C(=O)NCc2cccnc2Oc2ccc(C)nc2)C1. The van der Waals surface area contributed by atoms with Gasteiger partial charge >= 0.3 is 0 Å². The van der Waals surface area contributed by atoms with Crippen molar-refractivity contribution in [3.05, 3.63) is 47.9 Å². The number of oxime groups is 1. The summed E-state index contributed by atoms with van der Waals surface area (Å²) in [5.41, 5.74) is 2.58. The van der Waals surface area contributed by atoms with Crippen molar-refractivity contribution in [3.63, 3.8) is 0 Å². The monoisotopic (exact) mass is 340 g/mol. The Labute approximate surface area is 146 Å². The first kappa shape index (κ1) is 16.9. The van der Waals surface area contributed by atoms with Crippen LogP contribution in [-0.2, 0) is 16.2 Å². The lowest BCUT2D eigenvalue weighted by Crippen LogP contribution is -2.34. The van der Waals surface area contributed by atoms with Crippen LogP contribution >= 0.6 is 0 Å². The lowest BCUT2D eigenvalue weighted by molar-refractivity contribution is -0.131. The minimum Gasteiger partial charge on any atom is -0.437 e. The Morgan fingerprint density at radius 1 is 1.36 bits per heavy atom. The number of pyridine rings is 2. The molecule has 130 valence electrons. The van der Waals surface area contributed by atoms with E-state index in [9.17, 15) is 4.79 Å². The van der Waals surface area contributed by atoms with Crippen LogP contribution in [0.25, 0.3) is 0 Å². The zero-order valence-electron chi connectivity index (χ0n) is 14.2. The van der Waals surface area contributed by atoms with Gasteiger partial charge in [0.1, 0.15) is 5.75 Å². The third-order valence-corrected chi connectivity index (χ3v) is 3.83. The van der Waals surface area contributed by atoms with Gasteiger partial charge in [-0.15, -0.1) is 0 Å². The number of rotatable bonds is 6. The summed E-state index contributed by atoms with van der Waals surface area (Å²) >= 11 is 0. The minimum absolute atomic E-state index is 0.195. The van der Waals surface area contributed by atoms with Crippen molar-refractivity contribution in [2.24, 2.45) is 5.16 Å². The van der Waals surface area contributed by atoms with E-state index >= 15 is 0 Å². The fraction of sp³-hybridized carbons (Fsp3) is 0.333. The highest BCUT2D eigenvalue weighted by atomic mass is 16.6.